The summed E-state index contributed by atoms with van der Waals surface area (Å²) in [6.07, 6.45) is 0. The quantitative estimate of drug-likeness (QED) is 0.763. The molecular weight excluding hydrogens is 254 g/mol. The maximum Gasteiger partial charge on any atom is 0.251 e. The van der Waals surface area contributed by atoms with Crippen LogP contribution >= 0.6 is 12.4 Å². The van der Waals surface area contributed by atoms with Crippen molar-refractivity contribution in [2.75, 3.05) is 11.9 Å². The van der Waals surface area contributed by atoms with Crippen LogP contribution in [0.15, 0.2) is 18.2 Å². The summed E-state index contributed by atoms with van der Waals surface area (Å²) in [5, 5.41) is 2.66. The summed E-state index contributed by atoms with van der Waals surface area (Å²) in [4.78, 5) is 23.0. The molecular formula is C12H18ClN3O2. The van der Waals surface area contributed by atoms with Crippen molar-refractivity contribution in [1.29, 1.82) is 0 Å². The second-order valence-corrected chi connectivity index (χ2v) is 3.99. The first-order valence-corrected chi connectivity index (χ1v) is 5.37. The van der Waals surface area contributed by atoms with Crippen LogP contribution in [0.1, 0.15) is 22.8 Å². The minimum atomic E-state index is -0.557. The maximum atomic E-state index is 11.7. The van der Waals surface area contributed by atoms with E-state index >= 15 is 0 Å². The predicted molar refractivity (Wildman–Crippen MR) is 73.8 cm³/mol. The molecule has 0 bridgehead atoms. The van der Waals surface area contributed by atoms with Gasteiger partial charge in [0.05, 0.1) is 11.3 Å². The van der Waals surface area contributed by atoms with Crippen molar-refractivity contribution >= 4 is 29.9 Å². The molecule has 1 aromatic carbocycles. The van der Waals surface area contributed by atoms with Crippen molar-refractivity contribution in [3.63, 3.8) is 0 Å². The molecule has 0 radical (unpaired) electrons. The molecule has 0 aliphatic heterocycles. The number of aryl methyl sites for hydroxylation is 1. The van der Waals surface area contributed by atoms with Crippen LogP contribution in [0.5, 0.6) is 0 Å². The number of hydrogen-bond donors (Lipinski definition) is 3. The molecule has 5 nitrogen and oxygen atoms in total. The highest BCUT2D eigenvalue weighted by Crippen LogP contribution is 2.19. The molecule has 0 heterocycles. The lowest BCUT2D eigenvalue weighted by Gasteiger charge is -2.13. The van der Waals surface area contributed by atoms with Crippen LogP contribution in [0.4, 0.5) is 5.69 Å². The first kappa shape index (κ1) is 16.4. The Hall–Kier alpha value is -1.59. The summed E-state index contributed by atoms with van der Waals surface area (Å²) in [6, 6.07) is 5.17. The Labute approximate surface area is 112 Å². The fourth-order valence-corrected chi connectivity index (χ4v) is 1.46. The highest BCUT2D eigenvalue weighted by atomic mass is 35.5. The Morgan fingerprint density at radius 3 is 2.50 bits per heavy atom. The summed E-state index contributed by atoms with van der Waals surface area (Å²) < 4.78 is 0. The number of benzene rings is 1. The molecule has 1 unspecified atom stereocenters. The van der Waals surface area contributed by atoms with Gasteiger partial charge in [0.15, 0.2) is 0 Å². The average Bonchev–Trinajstić information content (AvgIpc) is 2.27. The summed E-state index contributed by atoms with van der Waals surface area (Å²) in [7, 11) is 0. The molecule has 0 fully saturated rings. The number of hydrogen-bond acceptors (Lipinski definition) is 3. The van der Waals surface area contributed by atoms with Gasteiger partial charge in [-0.3, -0.25) is 9.59 Å². The second kappa shape index (κ2) is 6.98. The SMILES string of the molecule is Cc1cccc(NC(=O)C(C)CN)c1C(N)=O.Cl. The van der Waals surface area contributed by atoms with Crippen molar-refractivity contribution in [1.82, 2.24) is 0 Å². The van der Waals surface area contributed by atoms with Crippen molar-refractivity contribution in [3.05, 3.63) is 29.3 Å². The van der Waals surface area contributed by atoms with Crippen LogP contribution in [0.2, 0.25) is 0 Å². The summed E-state index contributed by atoms with van der Waals surface area (Å²) in [6.45, 7) is 3.74. The number of carbonyl (C=O) groups excluding carboxylic acids is 2. The molecule has 1 atom stereocenters. The molecule has 0 saturated heterocycles. The van der Waals surface area contributed by atoms with Crippen molar-refractivity contribution in [2.24, 2.45) is 17.4 Å². The monoisotopic (exact) mass is 271 g/mol. The highest BCUT2D eigenvalue weighted by Gasteiger charge is 2.16. The number of halogens is 1. The number of amides is 2. The second-order valence-electron chi connectivity index (χ2n) is 3.99. The molecule has 0 aromatic heterocycles. The molecule has 1 aromatic rings. The third-order valence-electron chi connectivity index (χ3n) is 2.58. The Balaban J connectivity index is 0.00000289. The lowest BCUT2D eigenvalue weighted by atomic mass is 10.1. The fourth-order valence-electron chi connectivity index (χ4n) is 1.46. The van der Waals surface area contributed by atoms with Crippen LogP contribution in [-0.2, 0) is 4.79 Å². The number of primary amides is 1. The van der Waals surface area contributed by atoms with E-state index in [2.05, 4.69) is 5.32 Å². The Kier molecular flexibility index (Phi) is 6.36. The van der Waals surface area contributed by atoms with Crippen LogP contribution in [0, 0.1) is 12.8 Å². The van der Waals surface area contributed by atoms with Gasteiger partial charge in [-0.25, -0.2) is 0 Å². The van der Waals surface area contributed by atoms with E-state index in [0.29, 0.717) is 11.3 Å². The fraction of sp³-hybridized carbons (Fsp3) is 0.333. The van der Waals surface area contributed by atoms with E-state index in [1.54, 1.807) is 32.0 Å². The van der Waals surface area contributed by atoms with Gasteiger partial charge in [-0.1, -0.05) is 19.1 Å². The zero-order valence-electron chi connectivity index (χ0n) is 10.4. The van der Waals surface area contributed by atoms with Crippen molar-refractivity contribution < 1.29 is 9.59 Å². The molecule has 0 spiro atoms. The zero-order valence-corrected chi connectivity index (χ0v) is 11.2. The number of nitrogens with one attached hydrogen (secondary N) is 1. The first-order valence-electron chi connectivity index (χ1n) is 5.37. The number of anilines is 1. The predicted octanol–water partition coefficient (Wildman–Crippen LogP) is 1.05. The summed E-state index contributed by atoms with van der Waals surface area (Å²) >= 11 is 0. The van der Waals surface area contributed by atoms with Gasteiger partial charge < -0.3 is 16.8 Å². The average molecular weight is 272 g/mol. The van der Waals surface area contributed by atoms with Gasteiger partial charge >= 0.3 is 0 Å². The smallest absolute Gasteiger partial charge is 0.251 e. The third kappa shape index (κ3) is 3.72. The van der Waals surface area contributed by atoms with E-state index in [4.69, 9.17) is 11.5 Å². The van der Waals surface area contributed by atoms with Gasteiger partial charge in [0.1, 0.15) is 0 Å². The zero-order chi connectivity index (χ0) is 13.0. The third-order valence-corrected chi connectivity index (χ3v) is 2.58. The van der Waals surface area contributed by atoms with Gasteiger partial charge in [0.2, 0.25) is 5.91 Å². The van der Waals surface area contributed by atoms with Gasteiger partial charge in [0.25, 0.3) is 5.91 Å². The van der Waals surface area contributed by atoms with Crippen LogP contribution in [-0.4, -0.2) is 18.4 Å². The maximum absolute atomic E-state index is 11.7. The topological polar surface area (TPSA) is 98.2 Å². The van der Waals surface area contributed by atoms with Crippen LogP contribution in [0.25, 0.3) is 0 Å². The first-order chi connectivity index (χ1) is 7.97. The molecule has 0 saturated carbocycles. The largest absolute Gasteiger partial charge is 0.366 e. The molecule has 18 heavy (non-hydrogen) atoms. The molecule has 1 rings (SSSR count). The number of nitrogens with two attached hydrogens (primary N) is 2. The Bertz CT molecular complexity index is 449. The Morgan fingerprint density at radius 1 is 1.39 bits per heavy atom. The highest BCUT2D eigenvalue weighted by molar-refractivity contribution is 6.04. The van der Waals surface area contributed by atoms with Crippen LogP contribution < -0.4 is 16.8 Å². The normalized spacial score (nSPS) is 11.3. The van der Waals surface area contributed by atoms with Gasteiger partial charge in [-0.15, -0.1) is 12.4 Å². The minimum Gasteiger partial charge on any atom is -0.366 e. The van der Waals surface area contributed by atoms with E-state index in [-0.39, 0.29) is 30.8 Å². The van der Waals surface area contributed by atoms with Crippen molar-refractivity contribution in [2.45, 2.75) is 13.8 Å². The molecule has 0 aliphatic carbocycles. The van der Waals surface area contributed by atoms with Gasteiger partial charge in [0, 0.05) is 12.5 Å². The molecule has 5 N–H and O–H groups in total. The van der Waals surface area contributed by atoms with E-state index in [0.717, 1.165) is 5.56 Å². The molecule has 0 aliphatic rings. The van der Waals surface area contributed by atoms with Crippen LogP contribution in [0.3, 0.4) is 0 Å². The van der Waals surface area contributed by atoms with E-state index in [9.17, 15) is 9.59 Å². The molecule has 2 amide bonds. The van der Waals surface area contributed by atoms with Gasteiger partial charge in [-0.05, 0) is 18.6 Å². The summed E-state index contributed by atoms with van der Waals surface area (Å²) in [5.74, 6) is -1.09. The minimum absolute atomic E-state index is 0. The number of rotatable bonds is 4. The van der Waals surface area contributed by atoms with E-state index in [1.165, 1.54) is 0 Å². The Morgan fingerprint density at radius 2 is 2.00 bits per heavy atom. The van der Waals surface area contributed by atoms with E-state index < -0.39 is 5.91 Å². The van der Waals surface area contributed by atoms with E-state index in [1.807, 2.05) is 0 Å². The summed E-state index contributed by atoms with van der Waals surface area (Å²) in [5.41, 5.74) is 12.2. The lowest BCUT2D eigenvalue weighted by molar-refractivity contribution is -0.119. The van der Waals surface area contributed by atoms with Gasteiger partial charge in [-0.2, -0.15) is 0 Å². The molecule has 100 valence electrons. The molecule has 6 heteroatoms. The standard InChI is InChI=1S/C12H17N3O2.ClH/c1-7-4-3-5-9(10(7)11(14)16)15-12(17)8(2)6-13;/h3-5,8H,6,13H2,1-2H3,(H2,14,16)(H,15,17);1H. The number of carbonyl (C=O) groups is 2. The lowest BCUT2D eigenvalue weighted by Crippen LogP contribution is -2.28. The van der Waals surface area contributed by atoms with Crippen molar-refractivity contribution in [3.8, 4) is 0 Å².